The lowest BCUT2D eigenvalue weighted by Gasteiger charge is -2.22. The number of H-pyrrole nitrogens is 2. The van der Waals surface area contributed by atoms with Crippen LogP contribution in [-0.4, -0.2) is 52.2 Å². The first-order chi connectivity index (χ1) is 17.1. The van der Waals surface area contributed by atoms with Crippen molar-refractivity contribution in [3.63, 3.8) is 0 Å². The number of hydrogen-bond donors (Lipinski definition) is 6. The van der Waals surface area contributed by atoms with E-state index in [9.17, 15) is 24.3 Å². The Labute approximate surface area is 207 Å². The van der Waals surface area contributed by atoms with Crippen LogP contribution in [0.4, 0.5) is 17.1 Å². The number of aromatic nitrogens is 2. The molecule has 0 saturated carbocycles. The number of anilines is 3. The van der Waals surface area contributed by atoms with E-state index in [4.69, 9.17) is 0 Å². The van der Waals surface area contributed by atoms with Crippen molar-refractivity contribution in [3.8, 4) is 5.75 Å². The molecule has 0 fully saturated rings. The Morgan fingerprint density at radius 2 is 1.61 bits per heavy atom. The summed E-state index contributed by atoms with van der Waals surface area (Å²) in [5, 5.41) is 23.6. The van der Waals surface area contributed by atoms with Crippen LogP contribution < -0.4 is 27.1 Å². The average molecular weight is 495 g/mol. The minimum atomic E-state index is -0.838. The largest absolute Gasteiger partial charge is 0.505 e. The zero-order valence-electron chi connectivity index (χ0n) is 20.5. The van der Waals surface area contributed by atoms with Crippen molar-refractivity contribution in [2.24, 2.45) is 0 Å². The fraction of sp³-hybridized carbons (Fsp3) is 0.280. The number of carbonyl (C=O) groups excluding carboxylic acids is 2. The molecule has 2 aromatic carbocycles. The van der Waals surface area contributed by atoms with E-state index >= 15 is 0 Å². The normalized spacial score (nSPS) is 12.3. The molecule has 0 aliphatic rings. The molecular weight excluding hydrogens is 464 g/mol. The molecule has 11 nitrogen and oxygen atoms in total. The van der Waals surface area contributed by atoms with E-state index < -0.39 is 23.1 Å². The van der Waals surface area contributed by atoms with Crippen LogP contribution in [-0.2, 0) is 4.79 Å². The molecule has 1 unspecified atom stereocenters. The standard InChI is InChI=1S/C25H30N6O5/c1-5-17(22(33)26-14(2)15-10-7-6-8-11-15)27-19-20(24(35)30-29-23(19)34)28-18-13-9-12-16(21(18)32)25(36)31(3)4/h6-14,17,32H,5H2,1-4H3,(H,26,33)(H2,27,30,35)(H2,28,29,34)/t14?,17-/m1/s1. The highest BCUT2D eigenvalue weighted by Gasteiger charge is 2.24. The molecule has 6 N–H and O–H groups in total. The summed E-state index contributed by atoms with van der Waals surface area (Å²) in [7, 11) is 3.08. The van der Waals surface area contributed by atoms with Gasteiger partial charge in [-0.25, -0.2) is 0 Å². The van der Waals surface area contributed by atoms with Crippen LogP contribution in [0.2, 0.25) is 0 Å². The molecule has 36 heavy (non-hydrogen) atoms. The molecule has 11 heteroatoms. The molecule has 0 saturated heterocycles. The van der Waals surface area contributed by atoms with Crippen LogP contribution in [0, 0.1) is 0 Å². The van der Waals surface area contributed by atoms with Gasteiger partial charge in [-0.05, 0) is 31.0 Å². The van der Waals surface area contributed by atoms with Crippen LogP contribution in [0.1, 0.15) is 42.2 Å². The van der Waals surface area contributed by atoms with Crippen LogP contribution in [0.3, 0.4) is 0 Å². The topological polar surface area (TPSA) is 159 Å². The van der Waals surface area contributed by atoms with E-state index in [1.807, 2.05) is 37.3 Å². The second kappa shape index (κ2) is 11.3. The fourth-order valence-electron chi connectivity index (χ4n) is 3.58. The summed E-state index contributed by atoms with van der Waals surface area (Å²) in [4.78, 5) is 52.0. The van der Waals surface area contributed by atoms with Gasteiger partial charge in [-0.2, -0.15) is 0 Å². The van der Waals surface area contributed by atoms with Crippen LogP contribution in [0.5, 0.6) is 5.75 Å². The van der Waals surface area contributed by atoms with Gasteiger partial charge in [-0.1, -0.05) is 43.3 Å². The zero-order chi connectivity index (χ0) is 26.4. The van der Waals surface area contributed by atoms with E-state index in [0.29, 0.717) is 6.42 Å². The van der Waals surface area contributed by atoms with Crippen molar-refractivity contribution in [1.29, 1.82) is 0 Å². The molecule has 0 aliphatic carbocycles. The van der Waals surface area contributed by atoms with Gasteiger partial charge in [0.1, 0.15) is 17.4 Å². The smallest absolute Gasteiger partial charge is 0.288 e. The molecule has 0 aliphatic heterocycles. The fourth-order valence-corrected chi connectivity index (χ4v) is 3.58. The molecule has 0 spiro atoms. The second-order valence-electron chi connectivity index (χ2n) is 8.43. The number of benzene rings is 2. The summed E-state index contributed by atoms with van der Waals surface area (Å²) >= 11 is 0. The zero-order valence-corrected chi connectivity index (χ0v) is 20.5. The third-order valence-electron chi connectivity index (χ3n) is 5.63. The molecule has 3 rings (SSSR count). The summed E-state index contributed by atoms with van der Waals surface area (Å²) < 4.78 is 0. The highest BCUT2D eigenvalue weighted by Crippen LogP contribution is 2.31. The molecule has 1 heterocycles. The first-order valence-corrected chi connectivity index (χ1v) is 11.4. The number of para-hydroxylation sites is 1. The van der Waals surface area contributed by atoms with Crippen LogP contribution in [0.25, 0.3) is 0 Å². The van der Waals surface area contributed by atoms with E-state index in [1.54, 1.807) is 21.0 Å². The quantitative estimate of drug-likeness (QED) is 0.249. The lowest BCUT2D eigenvalue weighted by Crippen LogP contribution is -2.42. The van der Waals surface area contributed by atoms with E-state index in [1.165, 1.54) is 23.1 Å². The molecule has 2 amide bonds. The third-order valence-corrected chi connectivity index (χ3v) is 5.63. The number of carbonyl (C=O) groups is 2. The van der Waals surface area contributed by atoms with E-state index in [-0.39, 0.29) is 40.3 Å². The van der Waals surface area contributed by atoms with Crippen molar-refractivity contribution in [2.45, 2.75) is 32.4 Å². The minimum Gasteiger partial charge on any atom is -0.505 e. The van der Waals surface area contributed by atoms with Crippen molar-refractivity contribution >= 4 is 28.9 Å². The number of nitrogens with zero attached hydrogens (tertiary/aromatic N) is 1. The lowest BCUT2D eigenvalue weighted by molar-refractivity contribution is -0.122. The van der Waals surface area contributed by atoms with Crippen molar-refractivity contribution in [1.82, 2.24) is 20.4 Å². The summed E-state index contributed by atoms with van der Waals surface area (Å²) in [6.07, 6.45) is 0.317. The third kappa shape index (κ3) is 5.74. The van der Waals surface area contributed by atoms with Gasteiger partial charge in [0.25, 0.3) is 17.0 Å². The molecular formula is C25H30N6O5. The lowest BCUT2D eigenvalue weighted by atomic mass is 10.1. The Kier molecular flexibility index (Phi) is 8.15. The summed E-state index contributed by atoms with van der Waals surface area (Å²) in [5.74, 6) is -1.19. The summed E-state index contributed by atoms with van der Waals surface area (Å²) in [6, 6.07) is 12.7. The maximum Gasteiger partial charge on any atom is 0.288 e. The Hall–Kier alpha value is -4.54. The van der Waals surface area contributed by atoms with Crippen molar-refractivity contribution in [3.05, 3.63) is 80.4 Å². The number of rotatable bonds is 9. The molecule has 2 atom stereocenters. The Morgan fingerprint density at radius 1 is 0.972 bits per heavy atom. The highest BCUT2D eigenvalue weighted by atomic mass is 16.3. The maximum atomic E-state index is 13.0. The van der Waals surface area contributed by atoms with Gasteiger partial charge in [0.15, 0.2) is 5.75 Å². The van der Waals surface area contributed by atoms with Crippen molar-refractivity contribution < 1.29 is 14.7 Å². The van der Waals surface area contributed by atoms with Gasteiger partial charge in [0.2, 0.25) is 5.91 Å². The second-order valence-corrected chi connectivity index (χ2v) is 8.43. The van der Waals surface area contributed by atoms with E-state index in [0.717, 1.165) is 5.56 Å². The minimum absolute atomic E-state index is 0.0153. The number of nitrogens with one attached hydrogen (secondary N) is 5. The predicted octanol–water partition coefficient (Wildman–Crippen LogP) is 2.28. The molecule has 1 aromatic heterocycles. The van der Waals surface area contributed by atoms with Gasteiger partial charge in [-0.15, -0.1) is 0 Å². The molecule has 0 radical (unpaired) electrons. The Balaban J connectivity index is 1.91. The van der Waals surface area contributed by atoms with Gasteiger partial charge in [-0.3, -0.25) is 29.4 Å². The number of hydrogen-bond acceptors (Lipinski definition) is 7. The average Bonchev–Trinajstić information content (AvgIpc) is 2.87. The number of phenols is 1. The van der Waals surface area contributed by atoms with Crippen molar-refractivity contribution in [2.75, 3.05) is 24.7 Å². The summed E-state index contributed by atoms with van der Waals surface area (Å²) in [5.41, 5.74) is -0.811. The van der Waals surface area contributed by atoms with Crippen LogP contribution >= 0.6 is 0 Å². The van der Waals surface area contributed by atoms with Gasteiger partial charge in [0, 0.05) is 14.1 Å². The predicted molar refractivity (Wildman–Crippen MR) is 138 cm³/mol. The Bertz CT molecular complexity index is 1350. The monoisotopic (exact) mass is 494 g/mol. The van der Waals surface area contributed by atoms with Gasteiger partial charge < -0.3 is 26.0 Å². The van der Waals surface area contributed by atoms with E-state index in [2.05, 4.69) is 26.1 Å². The molecule has 190 valence electrons. The number of phenolic OH excluding ortho intramolecular Hbond substituents is 1. The molecule has 3 aromatic rings. The summed E-state index contributed by atoms with van der Waals surface area (Å²) in [6.45, 7) is 3.61. The number of aromatic amines is 2. The first kappa shape index (κ1) is 26.1. The molecule has 0 bridgehead atoms. The van der Waals surface area contributed by atoms with Gasteiger partial charge >= 0.3 is 0 Å². The maximum absolute atomic E-state index is 13.0. The first-order valence-electron chi connectivity index (χ1n) is 11.4. The Morgan fingerprint density at radius 3 is 2.22 bits per heavy atom. The SMILES string of the molecule is CC[C@@H](Nc1c(Nc2cccc(C(=O)N(C)C)c2O)c(=O)[nH][nH]c1=O)C(=O)NC(C)c1ccccc1. The highest BCUT2D eigenvalue weighted by molar-refractivity contribution is 5.99. The number of aromatic hydroxyl groups is 1. The number of amides is 2. The van der Waals surface area contributed by atoms with Gasteiger partial charge in [0.05, 0.1) is 17.3 Å². The van der Waals surface area contributed by atoms with Crippen LogP contribution in [0.15, 0.2) is 58.1 Å².